The van der Waals surface area contributed by atoms with Gasteiger partial charge in [-0.2, -0.15) is 5.10 Å². The molecule has 0 saturated heterocycles. The fourth-order valence-electron chi connectivity index (χ4n) is 2.58. The molecule has 1 heterocycles. The van der Waals surface area contributed by atoms with Crippen LogP contribution < -0.4 is 5.73 Å². The molecule has 0 spiro atoms. The quantitative estimate of drug-likeness (QED) is 0.764. The van der Waals surface area contributed by atoms with Crippen molar-refractivity contribution in [2.24, 2.45) is 5.73 Å². The van der Waals surface area contributed by atoms with Crippen LogP contribution in [0.4, 0.5) is 0 Å². The fraction of sp³-hybridized carbons (Fsp3) is 0.125. The van der Waals surface area contributed by atoms with E-state index < -0.39 is 0 Å². The number of aromatic amines is 1. The zero-order valence-electron chi connectivity index (χ0n) is 11.2. The molecule has 20 heavy (non-hydrogen) atoms. The second kappa shape index (κ2) is 4.81. The lowest BCUT2D eigenvalue weighted by Gasteiger charge is -2.11. The number of nitrogens with zero attached hydrogens (tertiary/aromatic N) is 1. The summed E-state index contributed by atoms with van der Waals surface area (Å²) in [4.78, 5) is 11.5. The molecule has 0 atom stereocenters. The first-order chi connectivity index (χ1) is 9.70. The summed E-state index contributed by atoms with van der Waals surface area (Å²) in [5.41, 5.74) is 10.2. The van der Waals surface area contributed by atoms with Gasteiger partial charge in [0.15, 0.2) is 0 Å². The predicted molar refractivity (Wildman–Crippen MR) is 79.4 cm³/mol. The van der Waals surface area contributed by atoms with Crippen LogP contribution in [-0.2, 0) is 6.42 Å². The maximum atomic E-state index is 11.5. The normalized spacial score (nSPS) is 10.8. The first-order valence-electron chi connectivity index (χ1n) is 6.56. The smallest absolute Gasteiger partial charge is 0.248 e. The van der Waals surface area contributed by atoms with Crippen molar-refractivity contribution in [3.05, 3.63) is 53.7 Å². The molecule has 100 valence electrons. The van der Waals surface area contributed by atoms with E-state index in [2.05, 4.69) is 16.3 Å². The van der Waals surface area contributed by atoms with Gasteiger partial charge in [-0.1, -0.05) is 25.1 Å². The van der Waals surface area contributed by atoms with Crippen LogP contribution in [0.3, 0.4) is 0 Å². The summed E-state index contributed by atoms with van der Waals surface area (Å²) >= 11 is 0. The molecule has 1 aromatic heterocycles. The van der Waals surface area contributed by atoms with E-state index in [-0.39, 0.29) is 5.91 Å². The Balaban J connectivity index is 2.22. The van der Waals surface area contributed by atoms with Crippen molar-refractivity contribution < 1.29 is 4.79 Å². The second-order valence-electron chi connectivity index (χ2n) is 4.72. The molecule has 0 saturated carbocycles. The minimum atomic E-state index is -0.381. The number of nitrogens with one attached hydrogen (secondary N) is 1. The number of fused-ring (bicyclic) bond motifs is 1. The third-order valence-corrected chi connectivity index (χ3v) is 3.55. The van der Waals surface area contributed by atoms with Crippen molar-refractivity contribution >= 4 is 16.8 Å². The van der Waals surface area contributed by atoms with Gasteiger partial charge < -0.3 is 5.73 Å². The standard InChI is InChI=1S/C16H15N3O/c1-2-12-13(4-3-5-14(12)16(17)20)10-6-7-15-11(8-10)9-18-19-15/h3-9H,2H2,1H3,(H2,17,20)(H,18,19). The molecule has 4 heteroatoms. The Morgan fingerprint density at radius 3 is 2.90 bits per heavy atom. The molecule has 0 aliphatic rings. The summed E-state index contributed by atoms with van der Waals surface area (Å²) in [5.74, 6) is -0.381. The highest BCUT2D eigenvalue weighted by Gasteiger charge is 2.12. The predicted octanol–water partition coefficient (Wildman–Crippen LogP) is 2.89. The highest BCUT2D eigenvalue weighted by atomic mass is 16.1. The average molecular weight is 265 g/mol. The van der Waals surface area contributed by atoms with Crippen molar-refractivity contribution in [1.29, 1.82) is 0 Å². The first kappa shape index (κ1) is 12.4. The molecule has 3 aromatic rings. The van der Waals surface area contributed by atoms with Gasteiger partial charge in [0.05, 0.1) is 11.7 Å². The highest BCUT2D eigenvalue weighted by Crippen LogP contribution is 2.29. The summed E-state index contributed by atoms with van der Waals surface area (Å²) in [6.07, 6.45) is 2.56. The largest absolute Gasteiger partial charge is 0.366 e. The number of H-pyrrole nitrogens is 1. The van der Waals surface area contributed by atoms with Gasteiger partial charge >= 0.3 is 0 Å². The lowest BCUT2D eigenvalue weighted by molar-refractivity contribution is 0.0999. The molecule has 2 aromatic carbocycles. The van der Waals surface area contributed by atoms with E-state index >= 15 is 0 Å². The van der Waals surface area contributed by atoms with Gasteiger partial charge in [0, 0.05) is 10.9 Å². The SMILES string of the molecule is CCc1c(C(N)=O)cccc1-c1ccc2[nH]ncc2c1. The van der Waals surface area contributed by atoms with E-state index in [1.54, 1.807) is 12.3 Å². The molecule has 4 nitrogen and oxygen atoms in total. The number of aromatic nitrogens is 2. The van der Waals surface area contributed by atoms with Crippen LogP contribution in [0.1, 0.15) is 22.8 Å². The minimum Gasteiger partial charge on any atom is -0.366 e. The molecular formula is C16H15N3O. The highest BCUT2D eigenvalue weighted by molar-refractivity contribution is 5.97. The number of nitrogens with two attached hydrogens (primary N) is 1. The number of carbonyl (C=O) groups is 1. The number of carbonyl (C=O) groups excluding carboxylic acids is 1. The summed E-state index contributed by atoms with van der Waals surface area (Å²) in [6, 6.07) is 11.8. The number of amides is 1. The van der Waals surface area contributed by atoms with Gasteiger partial charge in [-0.25, -0.2) is 0 Å². The van der Waals surface area contributed by atoms with Crippen LogP contribution in [0.5, 0.6) is 0 Å². The molecule has 3 N–H and O–H groups in total. The molecule has 0 radical (unpaired) electrons. The lowest BCUT2D eigenvalue weighted by Crippen LogP contribution is -2.14. The lowest BCUT2D eigenvalue weighted by atomic mass is 9.93. The van der Waals surface area contributed by atoms with Crippen molar-refractivity contribution in [1.82, 2.24) is 10.2 Å². The minimum absolute atomic E-state index is 0.381. The summed E-state index contributed by atoms with van der Waals surface area (Å²) in [6.45, 7) is 2.03. The van der Waals surface area contributed by atoms with E-state index in [0.29, 0.717) is 5.56 Å². The van der Waals surface area contributed by atoms with Gasteiger partial charge in [0.1, 0.15) is 0 Å². The Kier molecular flexibility index (Phi) is 2.99. The molecule has 0 aliphatic heterocycles. The van der Waals surface area contributed by atoms with Crippen molar-refractivity contribution in [3.8, 4) is 11.1 Å². The van der Waals surface area contributed by atoms with Crippen LogP contribution in [0.25, 0.3) is 22.0 Å². The Morgan fingerprint density at radius 1 is 1.30 bits per heavy atom. The van der Waals surface area contributed by atoms with Crippen molar-refractivity contribution in [3.63, 3.8) is 0 Å². The number of primary amides is 1. The molecule has 0 bridgehead atoms. The fourth-order valence-corrected chi connectivity index (χ4v) is 2.58. The molecule has 1 amide bonds. The Morgan fingerprint density at radius 2 is 2.15 bits per heavy atom. The maximum absolute atomic E-state index is 11.5. The Labute approximate surface area is 116 Å². The van der Waals surface area contributed by atoms with Gasteiger partial charge in [0.25, 0.3) is 0 Å². The number of hydrogen-bond donors (Lipinski definition) is 2. The number of hydrogen-bond acceptors (Lipinski definition) is 2. The summed E-state index contributed by atoms with van der Waals surface area (Å²) < 4.78 is 0. The Hall–Kier alpha value is -2.62. The van der Waals surface area contributed by atoms with Gasteiger partial charge in [-0.15, -0.1) is 0 Å². The number of rotatable bonds is 3. The second-order valence-corrected chi connectivity index (χ2v) is 4.72. The Bertz CT molecular complexity index is 789. The van der Waals surface area contributed by atoms with E-state index in [9.17, 15) is 4.79 Å². The average Bonchev–Trinajstić information content (AvgIpc) is 2.93. The van der Waals surface area contributed by atoms with Crippen molar-refractivity contribution in [2.75, 3.05) is 0 Å². The monoisotopic (exact) mass is 265 g/mol. The van der Waals surface area contributed by atoms with E-state index in [4.69, 9.17) is 5.73 Å². The first-order valence-corrected chi connectivity index (χ1v) is 6.56. The van der Waals surface area contributed by atoms with Gasteiger partial charge in [0.2, 0.25) is 5.91 Å². The van der Waals surface area contributed by atoms with Crippen LogP contribution in [0.2, 0.25) is 0 Å². The van der Waals surface area contributed by atoms with Crippen molar-refractivity contribution in [2.45, 2.75) is 13.3 Å². The molecular weight excluding hydrogens is 250 g/mol. The topological polar surface area (TPSA) is 71.8 Å². The maximum Gasteiger partial charge on any atom is 0.248 e. The van der Waals surface area contributed by atoms with E-state index in [0.717, 1.165) is 34.0 Å². The molecule has 3 rings (SSSR count). The van der Waals surface area contributed by atoms with Gasteiger partial charge in [-0.3, -0.25) is 9.89 Å². The van der Waals surface area contributed by atoms with Crippen LogP contribution >= 0.6 is 0 Å². The molecule has 0 unspecified atom stereocenters. The van der Waals surface area contributed by atoms with Crippen LogP contribution in [0, 0.1) is 0 Å². The zero-order valence-corrected chi connectivity index (χ0v) is 11.2. The third-order valence-electron chi connectivity index (χ3n) is 3.55. The third kappa shape index (κ3) is 1.95. The van der Waals surface area contributed by atoms with E-state index in [1.807, 2.05) is 31.2 Å². The van der Waals surface area contributed by atoms with Crippen LogP contribution in [-0.4, -0.2) is 16.1 Å². The molecule has 0 fully saturated rings. The zero-order chi connectivity index (χ0) is 14.1. The molecule has 0 aliphatic carbocycles. The number of benzene rings is 2. The van der Waals surface area contributed by atoms with Gasteiger partial charge in [-0.05, 0) is 41.3 Å². The van der Waals surface area contributed by atoms with Crippen LogP contribution in [0.15, 0.2) is 42.6 Å². The summed E-state index contributed by atoms with van der Waals surface area (Å²) in [7, 11) is 0. The van der Waals surface area contributed by atoms with E-state index in [1.165, 1.54) is 0 Å². The summed E-state index contributed by atoms with van der Waals surface area (Å²) in [5, 5.41) is 8.01.